The minimum Gasteiger partial charge on any atom is -0.300 e. The third-order valence-electron chi connectivity index (χ3n) is 2.27. The van der Waals surface area contributed by atoms with Crippen LogP contribution in [0.2, 0.25) is 0 Å². The van der Waals surface area contributed by atoms with Crippen molar-refractivity contribution in [2.24, 2.45) is 0 Å². The quantitative estimate of drug-likeness (QED) is 0.861. The van der Waals surface area contributed by atoms with Crippen LogP contribution in [-0.2, 0) is 6.54 Å². The van der Waals surface area contributed by atoms with Crippen molar-refractivity contribution in [3.05, 3.63) is 33.3 Å². The Bertz CT molecular complexity index is 576. The van der Waals surface area contributed by atoms with Gasteiger partial charge in [-0.1, -0.05) is 6.07 Å². The molecule has 0 saturated heterocycles. The fourth-order valence-electron chi connectivity index (χ4n) is 1.49. The molecule has 16 heavy (non-hydrogen) atoms. The van der Waals surface area contributed by atoms with Gasteiger partial charge in [0.15, 0.2) is 10.6 Å². The van der Waals surface area contributed by atoms with Gasteiger partial charge >= 0.3 is 0 Å². The highest BCUT2D eigenvalue weighted by Gasteiger charge is 2.13. The molecule has 0 fully saturated rings. The number of nitrogens with zero attached hydrogens (tertiary/aromatic N) is 2. The summed E-state index contributed by atoms with van der Waals surface area (Å²) in [4.78, 5) is 0. The summed E-state index contributed by atoms with van der Waals surface area (Å²) in [7, 11) is 0. The van der Waals surface area contributed by atoms with Crippen LogP contribution < -0.4 is 0 Å². The molecule has 2 rings (SSSR count). The molecular formula is C10H9BrFN3S. The zero-order valence-corrected chi connectivity index (χ0v) is 10.9. The zero-order chi connectivity index (χ0) is 11.7. The molecule has 1 aromatic heterocycles. The smallest absolute Gasteiger partial charge is 0.195 e. The van der Waals surface area contributed by atoms with Gasteiger partial charge in [-0.25, -0.2) is 4.39 Å². The molecule has 0 bridgehead atoms. The van der Waals surface area contributed by atoms with Gasteiger partial charge in [-0.3, -0.25) is 5.10 Å². The minimum absolute atomic E-state index is 0.311. The maximum absolute atomic E-state index is 13.4. The van der Waals surface area contributed by atoms with Crippen LogP contribution in [0.5, 0.6) is 0 Å². The number of aromatic nitrogens is 3. The lowest BCUT2D eigenvalue weighted by Gasteiger charge is -2.05. The van der Waals surface area contributed by atoms with Crippen molar-refractivity contribution < 1.29 is 4.39 Å². The number of H-pyrrole nitrogens is 1. The lowest BCUT2D eigenvalue weighted by Crippen LogP contribution is -1.98. The van der Waals surface area contributed by atoms with Gasteiger partial charge in [0.05, 0.1) is 4.47 Å². The zero-order valence-electron chi connectivity index (χ0n) is 8.50. The van der Waals surface area contributed by atoms with Gasteiger partial charge in [-0.15, -0.1) is 0 Å². The highest BCUT2D eigenvalue weighted by molar-refractivity contribution is 9.10. The summed E-state index contributed by atoms with van der Waals surface area (Å²) in [5, 5.41) is 6.81. The Balaban J connectivity index is 2.68. The van der Waals surface area contributed by atoms with E-state index in [4.69, 9.17) is 12.2 Å². The minimum atomic E-state index is -0.311. The van der Waals surface area contributed by atoms with Gasteiger partial charge in [0.25, 0.3) is 0 Å². The lowest BCUT2D eigenvalue weighted by molar-refractivity contribution is 0.621. The SMILES string of the molecule is CCn1c(-c2cccc(F)c2Br)n[nH]c1=S. The first-order valence-corrected chi connectivity index (χ1v) is 5.95. The van der Waals surface area contributed by atoms with Crippen LogP contribution in [0.15, 0.2) is 22.7 Å². The average molecular weight is 302 g/mol. The van der Waals surface area contributed by atoms with Crippen molar-refractivity contribution in [1.82, 2.24) is 14.8 Å². The predicted molar refractivity (Wildman–Crippen MR) is 66.2 cm³/mol. The summed E-state index contributed by atoms with van der Waals surface area (Å²) in [6, 6.07) is 4.84. The molecule has 1 N–H and O–H groups in total. The van der Waals surface area contributed by atoms with E-state index in [1.807, 2.05) is 11.5 Å². The maximum Gasteiger partial charge on any atom is 0.195 e. The van der Waals surface area contributed by atoms with Crippen molar-refractivity contribution in [2.75, 3.05) is 0 Å². The molecule has 2 aromatic rings. The number of benzene rings is 1. The maximum atomic E-state index is 13.4. The number of halogens is 2. The van der Waals surface area contributed by atoms with Crippen LogP contribution in [-0.4, -0.2) is 14.8 Å². The number of rotatable bonds is 2. The van der Waals surface area contributed by atoms with E-state index in [1.165, 1.54) is 6.07 Å². The molecule has 0 amide bonds. The van der Waals surface area contributed by atoms with Crippen LogP contribution in [0.3, 0.4) is 0 Å². The molecule has 0 saturated carbocycles. The summed E-state index contributed by atoms with van der Waals surface area (Å²) >= 11 is 8.30. The highest BCUT2D eigenvalue weighted by atomic mass is 79.9. The fraction of sp³-hybridized carbons (Fsp3) is 0.200. The first kappa shape index (κ1) is 11.5. The summed E-state index contributed by atoms with van der Waals surface area (Å²) in [6.07, 6.45) is 0. The molecule has 0 unspecified atom stereocenters. The highest BCUT2D eigenvalue weighted by Crippen LogP contribution is 2.28. The Morgan fingerprint density at radius 3 is 3.00 bits per heavy atom. The van der Waals surface area contributed by atoms with Crippen molar-refractivity contribution in [3.63, 3.8) is 0 Å². The first-order chi connectivity index (χ1) is 7.65. The van der Waals surface area contributed by atoms with E-state index in [1.54, 1.807) is 12.1 Å². The molecule has 0 spiro atoms. The molecule has 0 aliphatic rings. The van der Waals surface area contributed by atoms with E-state index in [0.29, 0.717) is 27.2 Å². The Morgan fingerprint density at radius 1 is 1.56 bits per heavy atom. The predicted octanol–water partition coefficient (Wildman–Crippen LogP) is 3.53. The van der Waals surface area contributed by atoms with Crippen molar-refractivity contribution in [1.29, 1.82) is 0 Å². The number of hydrogen-bond acceptors (Lipinski definition) is 2. The van der Waals surface area contributed by atoms with Crippen molar-refractivity contribution in [2.45, 2.75) is 13.5 Å². The molecular weight excluding hydrogens is 293 g/mol. The molecule has 0 aliphatic carbocycles. The average Bonchev–Trinajstić information content (AvgIpc) is 2.63. The second kappa shape index (κ2) is 4.47. The third kappa shape index (κ3) is 1.82. The summed E-state index contributed by atoms with van der Waals surface area (Å²) < 4.78 is 16.1. The largest absolute Gasteiger partial charge is 0.300 e. The first-order valence-electron chi connectivity index (χ1n) is 4.74. The van der Waals surface area contributed by atoms with Crippen LogP contribution >= 0.6 is 28.1 Å². The number of aromatic amines is 1. The third-order valence-corrected chi connectivity index (χ3v) is 3.38. The van der Waals surface area contributed by atoms with Gasteiger partial charge in [-0.05, 0) is 47.2 Å². The number of hydrogen-bond donors (Lipinski definition) is 1. The van der Waals surface area contributed by atoms with Gasteiger partial charge in [-0.2, -0.15) is 5.10 Å². The molecule has 0 radical (unpaired) electrons. The number of nitrogens with one attached hydrogen (secondary N) is 1. The van der Waals surface area contributed by atoms with Gasteiger partial charge in [0.2, 0.25) is 0 Å². The second-order valence-corrected chi connectivity index (χ2v) is 4.38. The lowest BCUT2D eigenvalue weighted by atomic mass is 10.2. The summed E-state index contributed by atoms with van der Waals surface area (Å²) in [5.74, 6) is 0.327. The van der Waals surface area contributed by atoms with Gasteiger partial charge in [0.1, 0.15) is 5.82 Å². The van der Waals surface area contributed by atoms with Crippen LogP contribution in [0, 0.1) is 10.6 Å². The Labute approximate surface area is 105 Å². The van der Waals surface area contributed by atoms with Gasteiger partial charge in [0, 0.05) is 12.1 Å². The molecule has 84 valence electrons. The van der Waals surface area contributed by atoms with Crippen LogP contribution in [0.4, 0.5) is 4.39 Å². The monoisotopic (exact) mass is 301 g/mol. The Hall–Kier alpha value is -1.01. The normalized spacial score (nSPS) is 10.7. The van der Waals surface area contributed by atoms with Crippen molar-refractivity contribution >= 4 is 28.1 Å². The summed E-state index contributed by atoms with van der Waals surface area (Å²) in [6.45, 7) is 2.65. The van der Waals surface area contributed by atoms with Crippen molar-refractivity contribution in [3.8, 4) is 11.4 Å². The van der Waals surface area contributed by atoms with E-state index in [9.17, 15) is 4.39 Å². The molecule has 3 nitrogen and oxygen atoms in total. The van der Waals surface area contributed by atoms with Crippen LogP contribution in [0.25, 0.3) is 11.4 Å². The van der Waals surface area contributed by atoms with E-state index in [0.717, 1.165) is 0 Å². The van der Waals surface area contributed by atoms with E-state index < -0.39 is 0 Å². The van der Waals surface area contributed by atoms with Crippen LogP contribution in [0.1, 0.15) is 6.92 Å². The molecule has 1 aromatic carbocycles. The fourth-order valence-corrected chi connectivity index (χ4v) is 2.20. The van der Waals surface area contributed by atoms with E-state index in [-0.39, 0.29) is 5.82 Å². The topological polar surface area (TPSA) is 33.6 Å². The summed E-state index contributed by atoms with van der Waals surface area (Å²) in [5.41, 5.74) is 0.689. The molecule has 1 heterocycles. The molecule has 6 heteroatoms. The van der Waals surface area contributed by atoms with Gasteiger partial charge < -0.3 is 4.57 Å². The Morgan fingerprint density at radius 2 is 2.31 bits per heavy atom. The molecule has 0 atom stereocenters. The Kier molecular flexibility index (Phi) is 3.20. The van der Waals surface area contributed by atoms with E-state index in [2.05, 4.69) is 26.1 Å². The second-order valence-electron chi connectivity index (χ2n) is 3.20. The van der Waals surface area contributed by atoms with E-state index >= 15 is 0 Å². The molecule has 0 aliphatic heterocycles. The standard InChI is InChI=1S/C10H9BrFN3S/c1-2-15-9(13-14-10(15)16)6-4-3-5-7(12)8(6)11/h3-5H,2H2,1H3,(H,14,16).